The van der Waals surface area contributed by atoms with Crippen LogP contribution >= 0.6 is 0 Å². The molecule has 2 aromatic rings. The highest BCUT2D eigenvalue weighted by Gasteiger charge is 2.08. The van der Waals surface area contributed by atoms with Crippen molar-refractivity contribution in [1.82, 2.24) is 10.9 Å². The second-order valence-corrected chi connectivity index (χ2v) is 5.08. The highest BCUT2D eigenvalue weighted by Crippen LogP contribution is 2.15. The van der Waals surface area contributed by atoms with Gasteiger partial charge in [0, 0.05) is 5.56 Å². The van der Waals surface area contributed by atoms with Crippen molar-refractivity contribution in [2.75, 3.05) is 6.61 Å². The predicted octanol–water partition coefficient (Wildman–Crippen LogP) is 2.62. The molecule has 2 aromatic carbocycles. The Hall–Kier alpha value is -2.89. The number of hydrogen-bond acceptors (Lipinski definition) is 3. The minimum absolute atomic E-state index is 0.00777. The maximum absolute atomic E-state index is 13.3. The lowest BCUT2D eigenvalue weighted by Crippen LogP contribution is -2.42. The number of ether oxygens (including phenoxy) is 1. The molecule has 0 radical (unpaired) electrons. The van der Waals surface area contributed by atoms with Gasteiger partial charge >= 0.3 is 0 Å². The van der Waals surface area contributed by atoms with Crippen LogP contribution in [0.15, 0.2) is 48.5 Å². The van der Waals surface area contributed by atoms with Gasteiger partial charge in [-0.05, 0) is 36.2 Å². The van der Waals surface area contributed by atoms with Crippen molar-refractivity contribution in [3.63, 3.8) is 0 Å². The smallest absolute Gasteiger partial charge is 0.269 e. The van der Waals surface area contributed by atoms with Gasteiger partial charge in [0.1, 0.15) is 0 Å². The SMILES string of the molecule is CCc1ccc(C(=O)NNC(=O)CCOc2ccccc2F)cc1. The van der Waals surface area contributed by atoms with Gasteiger partial charge in [0.25, 0.3) is 5.91 Å². The molecule has 6 heteroatoms. The maximum atomic E-state index is 13.3. The van der Waals surface area contributed by atoms with E-state index in [1.54, 1.807) is 24.3 Å². The summed E-state index contributed by atoms with van der Waals surface area (Å²) in [5.41, 5.74) is 6.21. The summed E-state index contributed by atoms with van der Waals surface area (Å²) in [6, 6.07) is 13.1. The van der Waals surface area contributed by atoms with Crippen LogP contribution in [0.4, 0.5) is 4.39 Å². The molecule has 126 valence electrons. The zero-order valence-corrected chi connectivity index (χ0v) is 13.3. The van der Waals surface area contributed by atoms with Gasteiger partial charge in [-0.2, -0.15) is 0 Å². The zero-order chi connectivity index (χ0) is 17.4. The van der Waals surface area contributed by atoms with Gasteiger partial charge < -0.3 is 4.74 Å². The van der Waals surface area contributed by atoms with Crippen molar-refractivity contribution in [1.29, 1.82) is 0 Å². The molecule has 0 saturated carbocycles. The molecule has 0 fully saturated rings. The van der Waals surface area contributed by atoms with Crippen LogP contribution in [0.1, 0.15) is 29.3 Å². The Morgan fingerprint density at radius 3 is 2.42 bits per heavy atom. The summed E-state index contributed by atoms with van der Waals surface area (Å²) in [6.45, 7) is 2.03. The van der Waals surface area contributed by atoms with Crippen LogP contribution < -0.4 is 15.6 Å². The molecule has 0 heterocycles. The molecule has 0 aliphatic carbocycles. The van der Waals surface area contributed by atoms with E-state index in [9.17, 15) is 14.0 Å². The molecular formula is C18H19FN2O3. The zero-order valence-electron chi connectivity index (χ0n) is 13.3. The second-order valence-electron chi connectivity index (χ2n) is 5.08. The summed E-state index contributed by atoms with van der Waals surface area (Å²) < 4.78 is 18.5. The third kappa shape index (κ3) is 5.08. The number of nitrogens with one attached hydrogen (secondary N) is 2. The third-order valence-electron chi connectivity index (χ3n) is 3.36. The number of rotatable bonds is 6. The van der Waals surface area contributed by atoms with Crippen molar-refractivity contribution >= 4 is 11.8 Å². The van der Waals surface area contributed by atoms with Gasteiger partial charge in [-0.1, -0.05) is 31.2 Å². The first kappa shape index (κ1) is 17.5. The molecule has 2 rings (SSSR count). The number of benzene rings is 2. The summed E-state index contributed by atoms with van der Waals surface area (Å²) in [4.78, 5) is 23.5. The highest BCUT2D eigenvalue weighted by atomic mass is 19.1. The standard InChI is InChI=1S/C18H19FN2O3/c1-2-13-7-9-14(10-8-13)18(23)21-20-17(22)11-12-24-16-6-4-3-5-15(16)19/h3-10H,2,11-12H2,1H3,(H,20,22)(H,21,23). The lowest BCUT2D eigenvalue weighted by Gasteiger charge is -2.09. The normalized spacial score (nSPS) is 10.1. The molecule has 0 aromatic heterocycles. The lowest BCUT2D eigenvalue weighted by atomic mass is 10.1. The van der Waals surface area contributed by atoms with Crippen LogP contribution in [0, 0.1) is 5.82 Å². The van der Waals surface area contributed by atoms with Crippen molar-refractivity contribution < 1.29 is 18.7 Å². The van der Waals surface area contributed by atoms with E-state index in [0.29, 0.717) is 5.56 Å². The van der Waals surface area contributed by atoms with E-state index in [-0.39, 0.29) is 18.8 Å². The van der Waals surface area contributed by atoms with E-state index in [0.717, 1.165) is 12.0 Å². The highest BCUT2D eigenvalue weighted by molar-refractivity contribution is 5.95. The fourth-order valence-electron chi connectivity index (χ4n) is 1.97. The van der Waals surface area contributed by atoms with E-state index in [1.165, 1.54) is 12.1 Å². The topological polar surface area (TPSA) is 67.4 Å². The average molecular weight is 330 g/mol. The van der Waals surface area contributed by atoms with Crippen molar-refractivity contribution in [2.45, 2.75) is 19.8 Å². The molecule has 0 bridgehead atoms. The summed E-state index contributed by atoms with van der Waals surface area (Å²) in [6.07, 6.45) is 0.879. The van der Waals surface area contributed by atoms with Crippen LogP contribution in [0.3, 0.4) is 0 Å². The first-order valence-corrected chi connectivity index (χ1v) is 7.65. The van der Waals surface area contributed by atoms with Crippen LogP contribution in [-0.4, -0.2) is 18.4 Å². The lowest BCUT2D eigenvalue weighted by molar-refractivity contribution is -0.122. The Morgan fingerprint density at radius 2 is 1.75 bits per heavy atom. The predicted molar refractivity (Wildman–Crippen MR) is 87.9 cm³/mol. The number of carbonyl (C=O) groups excluding carboxylic acids is 2. The summed E-state index contributed by atoms with van der Waals surface area (Å²) >= 11 is 0. The summed E-state index contributed by atoms with van der Waals surface area (Å²) in [5.74, 6) is -1.22. The maximum Gasteiger partial charge on any atom is 0.269 e. The second kappa shape index (κ2) is 8.67. The summed E-state index contributed by atoms with van der Waals surface area (Å²) in [7, 11) is 0. The Morgan fingerprint density at radius 1 is 1.04 bits per heavy atom. The molecule has 24 heavy (non-hydrogen) atoms. The van der Waals surface area contributed by atoms with Crippen LogP contribution in [0.2, 0.25) is 0 Å². The van der Waals surface area contributed by atoms with Gasteiger partial charge in [0.2, 0.25) is 5.91 Å². The minimum Gasteiger partial charge on any atom is -0.490 e. The van der Waals surface area contributed by atoms with Gasteiger partial charge in [-0.3, -0.25) is 20.4 Å². The Bertz CT molecular complexity index is 702. The molecule has 0 atom stereocenters. The first-order valence-electron chi connectivity index (χ1n) is 7.65. The molecule has 0 unspecified atom stereocenters. The Kier molecular flexibility index (Phi) is 6.31. The van der Waals surface area contributed by atoms with Crippen molar-refractivity contribution in [3.05, 3.63) is 65.5 Å². The van der Waals surface area contributed by atoms with E-state index < -0.39 is 17.6 Å². The summed E-state index contributed by atoms with van der Waals surface area (Å²) in [5, 5.41) is 0. The quantitative estimate of drug-likeness (QED) is 0.800. The molecule has 2 N–H and O–H groups in total. The molecule has 5 nitrogen and oxygen atoms in total. The van der Waals surface area contributed by atoms with Crippen molar-refractivity contribution in [2.24, 2.45) is 0 Å². The van der Waals surface area contributed by atoms with Crippen molar-refractivity contribution in [3.8, 4) is 5.75 Å². The number of hydrazine groups is 1. The van der Waals surface area contributed by atoms with E-state index in [4.69, 9.17) is 4.74 Å². The molecule has 0 spiro atoms. The largest absolute Gasteiger partial charge is 0.490 e. The molecule has 0 aliphatic heterocycles. The average Bonchev–Trinajstić information content (AvgIpc) is 2.61. The van der Waals surface area contributed by atoms with E-state index in [2.05, 4.69) is 10.9 Å². The van der Waals surface area contributed by atoms with E-state index >= 15 is 0 Å². The van der Waals surface area contributed by atoms with E-state index in [1.807, 2.05) is 19.1 Å². The first-order chi connectivity index (χ1) is 11.6. The van der Waals surface area contributed by atoms with Gasteiger partial charge in [0.05, 0.1) is 13.0 Å². The number of hydrogen-bond donors (Lipinski definition) is 2. The monoisotopic (exact) mass is 330 g/mol. The van der Waals surface area contributed by atoms with Gasteiger partial charge in [-0.25, -0.2) is 4.39 Å². The number of halogens is 1. The number of para-hydroxylation sites is 1. The third-order valence-corrected chi connectivity index (χ3v) is 3.36. The molecular weight excluding hydrogens is 311 g/mol. The van der Waals surface area contributed by atoms with Gasteiger partial charge in [0.15, 0.2) is 11.6 Å². The van der Waals surface area contributed by atoms with Crippen LogP contribution in [0.5, 0.6) is 5.75 Å². The molecule has 0 aliphatic rings. The number of carbonyl (C=O) groups is 2. The fourth-order valence-corrected chi connectivity index (χ4v) is 1.97. The van der Waals surface area contributed by atoms with Crippen LogP contribution in [-0.2, 0) is 11.2 Å². The molecule has 2 amide bonds. The fraction of sp³-hybridized carbons (Fsp3) is 0.222. The Labute approximate surface area is 139 Å². The number of aryl methyl sites for hydroxylation is 1. The number of amides is 2. The van der Waals surface area contributed by atoms with Crippen LogP contribution in [0.25, 0.3) is 0 Å². The van der Waals surface area contributed by atoms with Gasteiger partial charge in [-0.15, -0.1) is 0 Å². The molecule has 0 saturated heterocycles. The Balaban J connectivity index is 1.72. The minimum atomic E-state index is -0.485.